The number of esters is 2. The van der Waals surface area contributed by atoms with Gasteiger partial charge in [-0.05, 0) is 38.5 Å². The van der Waals surface area contributed by atoms with Crippen molar-refractivity contribution in [3.63, 3.8) is 0 Å². The van der Waals surface area contributed by atoms with Crippen LogP contribution in [0, 0.1) is 0 Å². The molecule has 1 N–H and O–H groups in total. The molecule has 0 aromatic carbocycles. The maximum absolute atomic E-state index is 12.4. The van der Waals surface area contributed by atoms with Crippen molar-refractivity contribution < 1.29 is 37.6 Å². The molecule has 1 unspecified atom stereocenters. The number of phosphoric acid groups is 1. The van der Waals surface area contributed by atoms with Crippen molar-refractivity contribution in [2.45, 2.75) is 193 Å². The molecular weight excluding hydrogens is 603 g/mol. The van der Waals surface area contributed by atoms with Crippen LogP contribution in [0.3, 0.4) is 0 Å². The summed E-state index contributed by atoms with van der Waals surface area (Å²) >= 11 is 0. The number of rotatable bonds is 35. The number of hydrogen-bond acceptors (Lipinski definition) is 7. The Bertz CT molecular complexity index is 772. The number of unbranched alkanes of at least 4 members (excludes halogenated alkanes) is 22. The quantitative estimate of drug-likeness (QED) is 0.0306. The van der Waals surface area contributed by atoms with Crippen LogP contribution in [-0.4, -0.2) is 43.3 Å². The molecule has 0 bridgehead atoms. The van der Waals surface area contributed by atoms with Gasteiger partial charge >= 0.3 is 19.8 Å². The first kappa shape index (κ1) is 44.8. The summed E-state index contributed by atoms with van der Waals surface area (Å²) in [5, 5.41) is 0. The first-order chi connectivity index (χ1) is 22.3. The summed E-state index contributed by atoms with van der Waals surface area (Å²) in [6.07, 6.45) is 34.0. The van der Waals surface area contributed by atoms with E-state index in [2.05, 4.69) is 30.5 Å². The zero-order chi connectivity index (χ0) is 34.0. The van der Waals surface area contributed by atoms with Gasteiger partial charge in [0.25, 0.3) is 0 Å². The molecule has 0 saturated heterocycles. The molecule has 0 aliphatic carbocycles. The molecular formula is C37H71O8P. The standard InChI is InChI=1S/C37H71O8P/c1-4-6-8-10-12-14-16-18-19-20-22-24-26-28-30-32-37(39)45-35(34-44-46(40,41)42-3)33-43-36(38)31-29-27-25-23-21-17-15-13-11-9-7-5-2/h18-19,35H,4-17,20-34H2,1-3H3,(H,40,41)/b19-18+/t35-/m1/s1. The zero-order valence-corrected chi connectivity index (χ0v) is 30.9. The van der Waals surface area contributed by atoms with Gasteiger partial charge in [-0.3, -0.25) is 18.6 Å². The minimum absolute atomic E-state index is 0.223. The van der Waals surface area contributed by atoms with E-state index in [1.54, 1.807) is 0 Å². The van der Waals surface area contributed by atoms with Crippen LogP contribution in [0.5, 0.6) is 0 Å². The van der Waals surface area contributed by atoms with E-state index in [0.717, 1.165) is 58.5 Å². The number of allylic oxidation sites excluding steroid dienone is 2. The van der Waals surface area contributed by atoms with E-state index in [9.17, 15) is 19.0 Å². The topological polar surface area (TPSA) is 108 Å². The van der Waals surface area contributed by atoms with Gasteiger partial charge in [-0.15, -0.1) is 0 Å². The number of carbonyl (C=O) groups excluding carboxylic acids is 2. The molecule has 0 radical (unpaired) electrons. The summed E-state index contributed by atoms with van der Waals surface area (Å²) in [5.41, 5.74) is 0. The highest BCUT2D eigenvalue weighted by atomic mass is 31.2. The highest BCUT2D eigenvalue weighted by Gasteiger charge is 2.24. The Morgan fingerprint density at radius 1 is 0.587 bits per heavy atom. The average molecular weight is 675 g/mol. The van der Waals surface area contributed by atoms with Crippen LogP contribution in [0.4, 0.5) is 0 Å². The highest BCUT2D eigenvalue weighted by molar-refractivity contribution is 7.47. The third-order valence-electron chi connectivity index (χ3n) is 8.26. The molecule has 0 aromatic heterocycles. The predicted octanol–water partition coefficient (Wildman–Crippen LogP) is 11.3. The second-order valence-corrected chi connectivity index (χ2v) is 14.3. The summed E-state index contributed by atoms with van der Waals surface area (Å²) in [4.78, 5) is 34.3. The molecule has 2 atom stereocenters. The fourth-order valence-corrected chi connectivity index (χ4v) is 5.76. The highest BCUT2D eigenvalue weighted by Crippen LogP contribution is 2.42. The molecule has 0 aliphatic heterocycles. The van der Waals surface area contributed by atoms with E-state index in [-0.39, 0.29) is 19.0 Å². The Kier molecular flexibility index (Phi) is 32.8. The Morgan fingerprint density at radius 3 is 1.41 bits per heavy atom. The largest absolute Gasteiger partial charge is 0.472 e. The summed E-state index contributed by atoms with van der Waals surface area (Å²) in [5.74, 6) is -0.808. The van der Waals surface area contributed by atoms with Gasteiger partial charge in [0.05, 0.1) is 6.61 Å². The lowest BCUT2D eigenvalue weighted by Gasteiger charge is -2.19. The average Bonchev–Trinajstić information content (AvgIpc) is 3.04. The van der Waals surface area contributed by atoms with E-state index in [4.69, 9.17) is 14.0 Å². The first-order valence-electron chi connectivity index (χ1n) is 18.9. The van der Waals surface area contributed by atoms with Gasteiger partial charge in [0.2, 0.25) is 0 Å². The van der Waals surface area contributed by atoms with Crippen LogP contribution < -0.4 is 0 Å². The fourth-order valence-electron chi connectivity index (χ4n) is 5.30. The van der Waals surface area contributed by atoms with E-state index < -0.39 is 26.5 Å². The van der Waals surface area contributed by atoms with Crippen LogP contribution in [0.15, 0.2) is 12.2 Å². The van der Waals surface area contributed by atoms with Crippen molar-refractivity contribution >= 4 is 19.8 Å². The van der Waals surface area contributed by atoms with Gasteiger partial charge in [0.1, 0.15) is 6.61 Å². The summed E-state index contributed by atoms with van der Waals surface area (Å²) in [6, 6.07) is 0. The summed E-state index contributed by atoms with van der Waals surface area (Å²) in [6.45, 7) is 3.87. The molecule has 46 heavy (non-hydrogen) atoms. The number of ether oxygens (including phenoxy) is 2. The molecule has 0 amide bonds. The van der Waals surface area contributed by atoms with Gasteiger partial charge in [0.15, 0.2) is 6.10 Å². The Labute approximate surface area is 282 Å². The lowest BCUT2D eigenvalue weighted by atomic mass is 10.0. The van der Waals surface area contributed by atoms with Gasteiger partial charge in [-0.25, -0.2) is 4.57 Å². The van der Waals surface area contributed by atoms with Crippen LogP contribution in [0.2, 0.25) is 0 Å². The Morgan fingerprint density at radius 2 is 0.978 bits per heavy atom. The van der Waals surface area contributed by atoms with Crippen molar-refractivity contribution in [1.29, 1.82) is 0 Å². The Balaban J connectivity index is 4.06. The first-order valence-corrected chi connectivity index (χ1v) is 20.4. The number of phosphoric ester groups is 1. The number of hydrogen-bond donors (Lipinski definition) is 1. The molecule has 0 aliphatic rings. The molecule has 0 fully saturated rings. The lowest BCUT2D eigenvalue weighted by molar-refractivity contribution is -0.161. The van der Waals surface area contributed by atoms with Crippen molar-refractivity contribution in [2.75, 3.05) is 20.3 Å². The maximum Gasteiger partial charge on any atom is 0.472 e. The SMILES string of the molecule is CCCCCCCC/C=C/CCCCCCCC(=O)O[C@H](COC(=O)CCCCCCCCCCCCCC)COP(=O)(O)OC. The predicted molar refractivity (Wildman–Crippen MR) is 189 cm³/mol. The van der Waals surface area contributed by atoms with Gasteiger partial charge in [-0.2, -0.15) is 0 Å². The van der Waals surface area contributed by atoms with Crippen molar-refractivity contribution in [3.8, 4) is 0 Å². The third kappa shape index (κ3) is 32.7. The van der Waals surface area contributed by atoms with Gasteiger partial charge in [-0.1, -0.05) is 148 Å². The van der Waals surface area contributed by atoms with Gasteiger partial charge < -0.3 is 14.4 Å². The molecule has 0 aromatic rings. The van der Waals surface area contributed by atoms with Crippen LogP contribution in [0.1, 0.15) is 187 Å². The van der Waals surface area contributed by atoms with Crippen molar-refractivity contribution in [2.24, 2.45) is 0 Å². The molecule has 0 saturated carbocycles. The van der Waals surface area contributed by atoms with Gasteiger partial charge in [0, 0.05) is 20.0 Å². The summed E-state index contributed by atoms with van der Waals surface area (Å²) < 4.78 is 31.8. The lowest BCUT2D eigenvalue weighted by Crippen LogP contribution is -2.29. The molecule has 8 nitrogen and oxygen atoms in total. The summed E-state index contributed by atoms with van der Waals surface area (Å²) in [7, 11) is -3.19. The van der Waals surface area contributed by atoms with Crippen LogP contribution >= 0.6 is 7.82 Å². The minimum atomic E-state index is -4.25. The van der Waals surface area contributed by atoms with E-state index in [0.29, 0.717) is 12.8 Å². The van der Waals surface area contributed by atoms with Crippen molar-refractivity contribution in [1.82, 2.24) is 0 Å². The molecule has 272 valence electrons. The fraction of sp³-hybridized carbons (Fsp3) is 0.892. The van der Waals surface area contributed by atoms with Crippen molar-refractivity contribution in [3.05, 3.63) is 12.2 Å². The molecule has 9 heteroatoms. The molecule has 0 spiro atoms. The smallest absolute Gasteiger partial charge is 0.462 e. The van der Waals surface area contributed by atoms with E-state index in [1.165, 1.54) is 103 Å². The monoisotopic (exact) mass is 674 g/mol. The minimum Gasteiger partial charge on any atom is -0.462 e. The van der Waals surface area contributed by atoms with Crippen LogP contribution in [0.25, 0.3) is 0 Å². The zero-order valence-electron chi connectivity index (χ0n) is 30.0. The third-order valence-corrected chi connectivity index (χ3v) is 9.20. The second-order valence-electron chi connectivity index (χ2n) is 12.7. The van der Waals surface area contributed by atoms with E-state index in [1.807, 2.05) is 0 Å². The maximum atomic E-state index is 12.4. The number of carbonyl (C=O) groups is 2. The molecule has 0 heterocycles. The molecule has 0 rings (SSSR count). The normalized spacial score (nSPS) is 13.6. The van der Waals surface area contributed by atoms with E-state index >= 15 is 0 Å². The Hall–Kier alpha value is -1.21. The second kappa shape index (κ2) is 33.7. The van der Waals surface area contributed by atoms with Crippen LogP contribution in [-0.2, 0) is 32.7 Å².